The average Bonchev–Trinajstić information content (AvgIpc) is 2.36. The molecule has 0 fully saturated rings. The Balaban J connectivity index is 2.18. The van der Waals surface area contributed by atoms with Crippen LogP contribution in [-0.4, -0.2) is 28.9 Å². The van der Waals surface area contributed by atoms with Crippen molar-refractivity contribution < 1.29 is 14.3 Å². The second kappa shape index (κ2) is 8.59. The van der Waals surface area contributed by atoms with Crippen LogP contribution in [-0.2, 0) is 9.53 Å². The molecule has 1 aromatic rings. The minimum absolute atomic E-state index is 0.139. The van der Waals surface area contributed by atoms with E-state index in [4.69, 9.17) is 4.74 Å². The zero-order valence-electron chi connectivity index (χ0n) is 12.6. The lowest BCUT2D eigenvalue weighted by Gasteiger charge is -2.19. The van der Waals surface area contributed by atoms with Gasteiger partial charge >= 0.3 is 5.97 Å². The highest BCUT2D eigenvalue weighted by Crippen LogP contribution is 2.14. The second-order valence-corrected chi connectivity index (χ2v) is 7.69. The Morgan fingerprint density at radius 2 is 1.81 bits per heavy atom. The van der Waals surface area contributed by atoms with Crippen LogP contribution in [0.2, 0.25) is 0 Å². The van der Waals surface area contributed by atoms with Gasteiger partial charge < -0.3 is 4.74 Å². The van der Waals surface area contributed by atoms with E-state index in [1.165, 1.54) is 11.8 Å². The first-order valence-electron chi connectivity index (χ1n) is 6.86. The number of esters is 1. The molecule has 0 saturated heterocycles. The summed E-state index contributed by atoms with van der Waals surface area (Å²) < 4.78 is 6.18. The molecule has 116 valence electrons. The second-order valence-electron chi connectivity index (χ2n) is 5.67. The molecule has 0 unspecified atom stereocenters. The van der Waals surface area contributed by atoms with Gasteiger partial charge in [0.1, 0.15) is 5.60 Å². The smallest absolute Gasteiger partial charge is 0.316 e. The van der Waals surface area contributed by atoms with E-state index in [0.717, 1.165) is 22.2 Å². The molecule has 21 heavy (non-hydrogen) atoms. The number of halogens is 1. The summed E-state index contributed by atoms with van der Waals surface area (Å²) in [6.07, 6.45) is 1.27. The SMILES string of the molecule is CC(C)(C)OC(=O)CSCCCC(=O)c1ccc(Br)cc1. The number of carbonyl (C=O) groups excluding carboxylic acids is 2. The van der Waals surface area contributed by atoms with Crippen molar-refractivity contribution in [3.63, 3.8) is 0 Å². The van der Waals surface area contributed by atoms with Crippen LogP contribution < -0.4 is 0 Å². The molecule has 0 bridgehead atoms. The topological polar surface area (TPSA) is 43.4 Å². The molecule has 1 rings (SSSR count). The molecule has 0 aromatic heterocycles. The Hall–Kier alpha value is -0.810. The molecule has 0 N–H and O–H groups in total. The third-order valence-corrected chi connectivity index (χ3v) is 4.04. The number of carbonyl (C=O) groups is 2. The van der Waals surface area contributed by atoms with Crippen LogP contribution in [0.25, 0.3) is 0 Å². The Morgan fingerprint density at radius 3 is 2.38 bits per heavy atom. The van der Waals surface area contributed by atoms with Crippen LogP contribution in [0.15, 0.2) is 28.7 Å². The highest BCUT2D eigenvalue weighted by Gasteiger charge is 2.15. The maximum absolute atomic E-state index is 11.9. The number of benzene rings is 1. The minimum atomic E-state index is -0.435. The van der Waals surface area contributed by atoms with Gasteiger partial charge in [-0.2, -0.15) is 11.8 Å². The van der Waals surface area contributed by atoms with E-state index in [-0.39, 0.29) is 11.8 Å². The van der Waals surface area contributed by atoms with Crippen molar-refractivity contribution in [2.75, 3.05) is 11.5 Å². The quantitative estimate of drug-likeness (QED) is 0.401. The number of Topliss-reactive ketones (excluding diaryl/α,β-unsaturated/α-hetero) is 1. The highest BCUT2D eigenvalue weighted by atomic mass is 79.9. The van der Waals surface area contributed by atoms with Crippen LogP contribution in [0.5, 0.6) is 0 Å². The summed E-state index contributed by atoms with van der Waals surface area (Å²) in [7, 11) is 0. The lowest BCUT2D eigenvalue weighted by atomic mass is 10.1. The fourth-order valence-electron chi connectivity index (χ4n) is 1.64. The molecule has 0 radical (unpaired) electrons. The summed E-state index contributed by atoms with van der Waals surface area (Å²) in [5.41, 5.74) is 0.296. The fourth-order valence-corrected chi connectivity index (χ4v) is 2.62. The van der Waals surface area contributed by atoms with Crippen molar-refractivity contribution in [3.8, 4) is 0 Å². The normalized spacial score (nSPS) is 11.2. The predicted molar refractivity (Wildman–Crippen MR) is 90.9 cm³/mol. The van der Waals surface area contributed by atoms with Gasteiger partial charge in [-0.05, 0) is 45.1 Å². The molecule has 5 heteroatoms. The van der Waals surface area contributed by atoms with E-state index in [1.54, 1.807) is 0 Å². The monoisotopic (exact) mass is 372 g/mol. The van der Waals surface area contributed by atoms with Crippen LogP contribution in [0.4, 0.5) is 0 Å². The van der Waals surface area contributed by atoms with Gasteiger partial charge in [0.15, 0.2) is 5.78 Å². The van der Waals surface area contributed by atoms with Gasteiger partial charge in [0, 0.05) is 16.5 Å². The van der Waals surface area contributed by atoms with Crippen LogP contribution in [0, 0.1) is 0 Å². The summed E-state index contributed by atoms with van der Waals surface area (Å²) in [6, 6.07) is 7.37. The third kappa shape index (κ3) is 8.27. The van der Waals surface area contributed by atoms with Crippen molar-refractivity contribution in [1.29, 1.82) is 0 Å². The fraction of sp³-hybridized carbons (Fsp3) is 0.500. The van der Waals surface area contributed by atoms with Gasteiger partial charge in [0.25, 0.3) is 0 Å². The van der Waals surface area contributed by atoms with Crippen molar-refractivity contribution in [2.45, 2.75) is 39.2 Å². The summed E-state index contributed by atoms with van der Waals surface area (Å²) in [5, 5.41) is 0. The van der Waals surface area contributed by atoms with Crippen LogP contribution >= 0.6 is 27.7 Å². The number of hydrogen-bond acceptors (Lipinski definition) is 4. The first-order valence-corrected chi connectivity index (χ1v) is 8.81. The summed E-state index contributed by atoms with van der Waals surface area (Å²) in [5.74, 6) is 1.05. The number of thioether (sulfide) groups is 1. The van der Waals surface area contributed by atoms with Gasteiger partial charge in [-0.1, -0.05) is 28.1 Å². The average molecular weight is 373 g/mol. The zero-order chi connectivity index (χ0) is 15.9. The van der Waals surface area contributed by atoms with Crippen LogP contribution in [0.3, 0.4) is 0 Å². The van der Waals surface area contributed by atoms with Gasteiger partial charge in [0.2, 0.25) is 0 Å². The maximum Gasteiger partial charge on any atom is 0.316 e. The number of ether oxygens (including phenoxy) is 1. The molecule has 3 nitrogen and oxygen atoms in total. The molecule has 0 aliphatic rings. The van der Waals surface area contributed by atoms with Crippen molar-refractivity contribution in [3.05, 3.63) is 34.3 Å². The van der Waals surface area contributed by atoms with Crippen LogP contribution in [0.1, 0.15) is 44.0 Å². The third-order valence-electron chi connectivity index (χ3n) is 2.50. The molecule has 0 aliphatic heterocycles. The Labute approximate surface area is 139 Å². The molecule has 0 aliphatic carbocycles. The lowest BCUT2D eigenvalue weighted by molar-refractivity contribution is -0.151. The van der Waals surface area contributed by atoms with E-state index < -0.39 is 5.60 Å². The molecular weight excluding hydrogens is 352 g/mol. The molecule has 0 spiro atoms. The lowest BCUT2D eigenvalue weighted by Crippen LogP contribution is -2.25. The number of ketones is 1. The summed E-state index contributed by atoms with van der Waals surface area (Å²) in [6.45, 7) is 5.56. The summed E-state index contributed by atoms with van der Waals surface area (Å²) >= 11 is 4.85. The standard InChI is InChI=1S/C16H21BrO3S/c1-16(2,3)20-15(19)11-21-10-4-5-14(18)12-6-8-13(17)9-7-12/h6-9H,4-5,10-11H2,1-3H3. The predicted octanol–water partition coefficient (Wildman–Crippen LogP) is 4.49. The van der Waals surface area contributed by atoms with Crippen molar-refractivity contribution in [1.82, 2.24) is 0 Å². The molecule has 0 amide bonds. The van der Waals surface area contributed by atoms with Crippen molar-refractivity contribution in [2.24, 2.45) is 0 Å². The molecule has 0 atom stereocenters. The summed E-state index contributed by atoms with van der Waals surface area (Å²) in [4.78, 5) is 23.4. The molecule has 0 saturated carbocycles. The van der Waals surface area contributed by atoms with E-state index in [9.17, 15) is 9.59 Å². The first-order chi connectivity index (χ1) is 9.78. The Kier molecular flexibility index (Phi) is 7.46. The zero-order valence-corrected chi connectivity index (χ0v) is 15.1. The van der Waals surface area contributed by atoms with E-state index >= 15 is 0 Å². The Bertz CT molecular complexity index is 477. The minimum Gasteiger partial charge on any atom is -0.459 e. The molecule has 1 aromatic carbocycles. The maximum atomic E-state index is 11.9. The first kappa shape index (κ1) is 18.2. The number of rotatable bonds is 7. The van der Waals surface area contributed by atoms with E-state index in [2.05, 4.69) is 15.9 Å². The number of hydrogen-bond donors (Lipinski definition) is 0. The van der Waals surface area contributed by atoms with E-state index in [0.29, 0.717) is 12.2 Å². The molecule has 0 heterocycles. The van der Waals surface area contributed by atoms with Gasteiger partial charge in [-0.3, -0.25) is 9.59 Å². The van der Waals surface area contributed by atoms with Crippen molar-refractivity contribution >= 4 is 39.4 Å². The highest BCUT2D eigenvalue weighted by molar-refractivity contribution is 9.10. The largest absolute Gasteiger partial charge is 0.459 e. The van der Waals surface area contributed by atoms with E-state index in [1.807, 2.05) is 45.0 Å². The van der Waals surface area contributed by atoms with Gasteiger partial charge in [-0.15, -0.1) is 0 Å². The van der Waals surface area contributed by atoms with Gasteiger partial charge in [0.05, 0.1) is 5.75 Å². The molecular formula is C16H21BrO3S. The Morgan fingerprint density at radius 1 is 1.19 bits per heavy atom. The van der Waals surface area contributed by atoms with Gasteiger partial charge in [-0.25, -0.2) is 0 Å².